The molecule has 1 N–H and O–H groups in total. The smallest absolute Gasteiger partial charge is 0.243 e. The van der Waals surface area contributed by atoms with Crippen LogP contribution < -0.4 is 5.32 Å². The highest BCUT2D eigenvalue weighted by Crippen LogP contribution is 2.38. The summed E-state index contributed by atoms with van der Waals surface area (Å²) >= 11 is 1.47. The van der Waals surface area contributed by atoms with Gasteiger partial charge in [-0.2, -0.15) is 0 Å². The topological polar surface area (TPSA) is 46.2 Å². The molecule has 3 nitrogen and oxygen atoms in total. The molecule has 1 aliphatic rings. The number of amides is 2. The third kappa shape index (κ3) is 1.73. The molecule has 4 heteroatoms. The molecule has 1 heterocycles. The summed E-state index contributed by atoms with van der Waals surface area (Å²) in [6.45, 7) is 6.03. The van der Waals surface area contributed by atoms with Crippen LogP contribution in [0, 0.1) is 5.92 Å². The quantitative estimate of drug-likeness (QED) is 0.682. The highest BCUT2D eigenvalue weighted by Gasteiger charge is 2.44. The first-order chi connectivity index (χ1) is 6.03. The van der Waals surface area contributed by atoms with E-state index in [1.165, 1.54) is 11.8 Å². The van der Waals surface area contributed by atoms with Gasteiger partial charge in [0.05, 0.1) is 10.5 Å². The second kappa shape index (κ2) is 3.70. The Bertz CT molecular complexity index is 240. The van der Waals surface area contributed by atoms with Gasteiger partial charge in [-0.25, -0.2) is 0 Å². The first-order valence-corrected chi connectivity index (χ1v) is 5.49. The summed E-state index contributed by atoms with van der Waals surface area (Å²) in [6.07, 6.45) is 0.772. The Morgan fingerprint density at radius 2 is 2.15 bits per heavy atom. The maximum atomic E-state index is 11.6. The molecule has 0 radical (unpaired) electrons. The van der Waals surface area contributed by atoms with Gasteiger partial charge in [0, 0.05) is 0 Å². The normalized spacial score (nSPS) is 29.2. The van der Waals surface area contributed by atoms with Crippen LogP contribution in [-0.4, -0.2) is 22.3 Å². The number of nitrogens with one attached hydrogen (secondary N) is 1. The minimum Gasteiger partial charge on any atom is -0.295 e. The number of rotatable bonds is 2. The number of thioether (sulfide) groups is 1. The lowest BCUT2D eigenvalue weighted by molar-refractivity contribution is -0.132. The molecule has 0 bridgehead atoms. The first kappa shape index (κ1) is 10.6. The molecule has 0 aromatic heterocycles. The molecule has 1 rings (SSSR count). The summed E-state index contributed by atoms with van der Waals surface area (Å²) in [7, 11) is 0. The van der Waals surface area contributed by atoms with E-state index in [1.54, 1.807) is 0 Å². The van der Waals surface area contributed by atoms with Gasteiger partial charge >= 0.3 is 0 Å². The van der Waals surface area contributed by atoms with Crippen LogP contribution in [0.1, 0.15) is 27.2 Å². The average molecular weight is 201 g/mol. The van der Waals surface area contributed by atoms with E-state index in [0.717, 1.165) is 6.42 Å². The van der Waals surface area contributed by atoms with Crippen molar-refractivity contribution in [1.82, 2.24) is 5.32 Å². The molecule has 2 amide bonds. The van der Waals surface area contributed by atoms with E-state index in [9.17, 15) is 9.59 Å². The number of imide groups is 1. The number of carbonyl (C=O) groups excluding carboxylic acids is 2. The first-order valence-electron chi connectivity index (χ1n) is 4.51. The summed E-state index contributed by atoms with van der Waals surface area (Å²) in [6, 6.07) is 0. The Labute approximate surface area is 82.6 Å². The van der Waals surface area contributed by atoms with Crippen LogP contribution in [0.2, 0.25) is 0 Å². The van der Waals surface area contributed by atoms with Crippen LogP contribution in [-0.2, 0) is 9.59 Å². The molecule has 1 atom stereocenters. The standard InChI is InChI=1S/C9H15NO2S/c1-4-9(6(2)3)8(12)10-7(11)5-13-9/h6H,4-5H2,1-3H3,(H,10,11,12). The van der Waals surface area contributed by atoms with Crippen molar-refractivity contribution >= 4 is 23.6 Å². The molecule has 0 spiro atoms. The second-order valence-electron chi connectivity index (χ2n) is 3.56. The minimum atomic E-state index is -0.395. The third-order valence-corrected chi connectivity index (χ3v) is 4.42. The van der Waals surface area contributed by atoms with E-state index < -0.39 is 4.75 Å². The molecule has 1 aliphatic heterocycles. The highest BCUT2D eigenvalue weighted by molar-refractivity contribution is 8.02. The zero-order valence-electron chi connectivity index (χ0n) is 8.22. The van der Waals surface area contributed by atoms with Crippen molar-refractivity contribution in [2.24, 2.45) is 5.92 Å². The predicted octanol–water partition coefficient (Wildman–Crippen LogP) is 1.18. The molecule has 1 fully saturated rings. The fourth-order valence-corrected chi connectivity index (χ4v) is 2.81. The fourth-order valence-electron chi connectivity index (χ4n) is 1.63. The molecule has 0 saturated carbocycles. The van der Waals surface area contributed by atoms with Gasteiger partial charge < -0.3 is 0 Å². The van der Waals surface area contributed by atoms with Crippen molar-refractivity contribution in [2.75, 3.05) is 5.75 Å². The summed E-state index contributed by atoms with van der Waals surface area (Å²) < 4.78 is -0.395. The van der Waals surface area contributed by atoms with Gasteiger partial charge in [-0.3, -0.25) is 14.9 Å². The van der Waals surface area contributed by atoms with Crippen LogP contribution in [0.15, 0.2) is 0 Å². The maximum absolute atomic E-state index is 11.6. The van der Waals surface area contributed by atoms with Gasteiger partial charge in [0.1, 0.15) is 0 Å². The highest BCUT2D eigenvalue weighted by atomic mass is 32.2. The van der Waals surface area contributed by atoms with E-state index in [2.05, 4.69) is 5.32 Å². The summed E-state index contributed by atoms with van der Waals surface area (Å²) in [5.74, 6) is 0.374. The largest absolute Gasteiger partial charge is 0.295 e. The maximum Gasteiger partial charge on any atom is 0.243 e. The molecule has 0 aromatic rings. The third-order valence-electron chi connectivity index (χ3n) is 2.56. The minimum absolute atomic E-state index is 0.119. The molecule has 1 unspecified atom stereocenters. The van der Waals surface area contributed by atoms with Gasteiger partial charge in [-0.1, -0.05) is 20.8 Å². The summed E-state index contributed by atoms with van der Waals surface area (Å²) in [4.78, 5) is 22.6. The number of carbonyl (C=O) groups is 2. The van der Waals surface area contributed by atoms with Gasteiger partial charge in [-0.15, -0.1) is 11.8 Å². The lowest BCUT2D eigenvalue weighted by atomic mass is 9.91. The lowest BCUT2D eigenvalue weighted by Crippen LogP contribution is -2.54. The van der Waals surface area contributed by atoms with Crippen molar-refractivity contribution in [2.45, 2.75) is 31.9 Å². The Morgan fingerprint density at radius 3 is 2.54 bits per heavy atom. The molecule has 1 saturated heterocycles. The van der Waals surface area contributed by atoms with Crippen molar-refractivity contribution in [3.05, 3.63) is 0 Å². The average Bonchev–Trinajstić information content (AvgIpc) is 2.04. The Hall–Kier alpha value is -0.510. The zero-order valence-corrected chi connectivity index (χ0v) is 9.03. The number of hydrogen-bond donors (Lipinski definition) is 1. The van der Waals surface area contributed by atoms with E-state index >= 15 is 0 Å². The second-order valence-corrected chi connectivity index (χ2v) is 4.87. The van der Waals surface area contributed by atoms with Crippen LogP contribution in [0.4, 0.5) is 0 Å². The Morgan fingerprint density at radius 1 is 1.54 bits per heavy atom. The van der Waals surface area contributed by atoms with E-state index in [1.807, 2.05) is 20.8 Å². The summed E-state index contributed by atoms with van der Waals surface area (Å²) in [5, 5.41) is 2.40. The predicted molar refractivity (Wildman–Crippen MR) is 53.5 cm³/mol. The van der Waals surface area contributed by atoms with Crippen molar-refractivity contribution in [3.63, 3.8) is 0 Å². The van der Waals surface area contributed by atoms with E-state index in [-0.39, 0.29) is 17.7 Å². The molecule has 74 valence electrons. The van der Waals surface area contributed by atoms with E-state index in [0.29, 0.717) is 5.75 Å². The summed E-state index contributed by atoms with van der Waals surface area (Å²) in [5.41, 5.74) is 0. The van der Waals surface area contributed by atoms with Crippen LogP contribution in [0.3, 0.4) is 0 Å². The van der Waals surface area contributed by atoms with Crippen LogP contribution in [0.5, 0.6) is 0 Å². The van der Waals surface area contributed by atoms with Crippen molar-refractivity contribution < 1.29 is 9.59 Å². The molecular formula is C9H15NO2S. The molecule has 0 aliphatic carbocycles. The SMILES string of the molecule is CCC1(C(C)C)SCC(=O)NC1=O. The lowest BCUT2D eigenvalue weighted by Gasteiger charge is -2.37. The van der Waals surface area contributed by atoms with Crippen molar-refractivity contribution in [3.8, 4) is 0 Å². The van der Waals surface area contributed by atoms with Gasteiger partial charge in [0.25, 0.3) is 0 Å². The monoisotopic (exact) mass is 201 g/mol. The van der Waals surface area contributed by atoms with Crippen molar-refractivity contribution in [1.29, 1.82) is 0 Å². The Balaban J connectivity index is 2.87. The molecular weight excluding hydrogens is 186 g/mol. The van der Waals surface area contributed by atoms with Gasteiger partial charge in [0.15, 0.2) is 0 Å². The Kier molecular flexibility index (Phi) is 3.01. The number of hydrogen-bond acceptors (Lipinski definition) is 3. The van der Waals surface area contributed by atoms with Crippen LogP contribution in [0.25, 0.3) is 0 Å². The van der Waals surface area contributed by atoms with E-state index in [4.69, 9.17) is 0 Å². The molecule has 13 heavy (non-hydrogen) atoms. The zero-order chi connectivity index (χ0) is 10.1. The molecule has 0 aromatic carbocycles. The fraction of sp³-hybridized carbons (Fsp3) is 0.778. The van der Waals surface area contributed by atoms with Gasteiger partial charge in [-0.05, 0) is 12.3 Å². The van der Waals surface area contributed by atoms with Gasteiger partial charge in [0.2, 0.25) is 11.8 Å². The van der Waals surface area contributed by atoms with Crippen LogP contribution >= 0.6 is 11.8 Å².